The minimum atomic E-state index is -5.04. The van der Waals surface area contributed by atoms with Crippen LogP contribution in [-0.4, -0.2) is 34.9 Å². The quantitative estimate of drug-likeness (QED) is 0.236. The molecule has 0 fully saturated rings. The highest BCUT2D eigenvalue weighted by Crippen LogP contribution is 2.41. The Kier molecular flexibility index (Phi) is 13.0. The first-order valence-electron chi connectivity index (χ1n) is 12.3. The van der Waals surface area contributed by atoms with E-state index in [0.29, 0.717) is 22.8 Å². The summed E-state index contributed by atoms with van der Waals surface area (Å²) in [5.74, 6) is -2.43. The van der Waals surface area contributed by atoms with Crippen molar-refractivity contribution in [2.45, 2.75) is 65.9 Å². The van der Waals surface area contributed by atoms with Gasteiger partial charge in [0.15, 0.2) is 11.5 Å². The number of nitrogens with zero attached hydrogens (tertiary/aromatic N) is 2. The van der Waals surface area contributed by atoms with Gasteiger partial charge in [0, 0.05) is 18.3 Å². The summed E-state index contributed by atoms with van der Waals surface area (Å²) in [5.41, 5.74) is 0.271. The van der Waals surface area contributed by atoms with Crippen molar-refractivity contribution in [1.82, 2.24) is 20.6 Å². The first kappa shape index (κ1) is 33.5. The minimum absolute atomic E-state index is 0.0429. The van der Waals surface area contributed by atoms with Crippen molar-refractivity contribution in [2.24, 2.45) is 0 Å². The summed E-state index contributed by atoms with van der Waals surface area (Å²) in [7, 11) is 1.26. The monoisotopic (exact) mass is 560 g/mol. The lowest BCUT2D eigenvalue weighted by atomic mass is 9.90. The third kappa shape index (κ3) is 7.98. The Balaban J connectivity index is 0.00000371. The first-order valence-corrected chi connectivity index (χ1v) is 12.3. The zero-order chi connectivity index (χ0) is 29.9. The van der Waals surface area contributed by atoms with Crippen molar-refractivity contribution in [1.29, 1.82) is 0 Å². The Hall–Kier alpha value is -3.54. The van der Waals surface area contributed by atoms with Crippen LogP contribution in [0.4, 0.5) is 26.3 Å². The van der Waals surface area contributed by atoms with Crippen LogP contribution < -0.4 is 10.8 Å². The molecule has 2 atom stereocenters. The van der Waals surface area contributed by atoms with Gasteiger partial charge in [0.2, 0.25) is 0 Å². The Labute approximate surface area is 224 Å². The lowest BCUT2D eigenvalue weighted by Crippen LogP contribution is -2.34. The molecule has 39 heavy (non-hydrogen) atoms. The van der Waals surface area contributed by atoms with Crippen LogP contribution in [0.2, 0.25) is 0 Å². The third-order valence-corrected chi connectivity index (χ3v) is 5.39. The molecule has 0 bridgehead atoms. The molecule has 0 aliphatic carbocycles. The highest BCUT2D eigenvalue weighted by molar-refractivity contribution is 6.02. The van der Waals surface area contributed by atoms with Crippen LogP contribution in [0.15, 0.2) is 66.0 Å². The summed E-state index contributed by atoms with van der Waals surface area (Å²) < 4.78 is 84.7. The SMILES string of the molecule is C=C/C=C(CC)\C(=C\F)C1NOC(c2cnn(/C(=C/C(F)=C\C(C)F)CC)c2C(F)(F)F)=C1C(=O)NC.CC. The molecule has 0 radical (unpaired) electrons. The topological polar surface area (TPSA) is 68.2 Å². The maximum Gasteiger partial charge on any atom is 0.434 e. The predicted octanol–water partition coefficient (Wildman–Crippen LogP) is 7.13. The van der Waals surface area contributed by atoms with Gasteiger partial charge in [-0.15, -0.1) is 5.48 Å². The molecule has 0 spiro atoms. The third-order valence-electron chi connectivity index (χ3n) is 5.39. The molecule has 1 aliphatic rings. The fraction of sp³-hybridized carbons (Fsp3) is 0.407. The standard InChI is InChI=1S/C25H28F6N4O2.C2H6/c1-6-9-15(7-2)18(12-26)21-20(24(36)32-5)22(37-34-21)19-13-33-35(23(19)25(29,30)31)17(8-3)11-16(28)10-14(4)27;1-2/h6,9-14,21,34H,1,7-8H2,2-5H3,(H,32,36);1-2H3/b15-9-,16-10+,17-11+,18-12-;. The average molecular weight is 561 g/mol. The number of rotatable bonds is 10. The van der Waals surface area contributed by atoms with Gasteiger partial charge in [-0.1, -0.05) is 46.4 Å². The number of nitrogens with one attached hydrogen (secondary N) is 2. The molecule has 0 saturated carbocycles. The van der Waals surface area contributed by atoms with Gasteiger partial charge in [-0.3, -0.25) is 4.79 Å². The van der Waals surface area contributed by atoms with E-state index in [-0.39, 0.29) is 29.6 Å². The summed E-state index contributed by atoms with van der Waals surface area (Å²) >= 11 is 0. The second-order valence-corrected chi connectivity index (χ2v) is 7.86. The lowest BCUT2D eigenvalue weighted by molar-refractivity contribution is -0.143. The second kappa shape index (κ2) is 15.2. The summed E-state index contributed by atoms with van der Waals surface area (Å²) in [6, 6.07) is -1.26. The van der Waals surface area contributed by atoms with Crippen LogP contribution in [0.5, 0.6) is 0 Å². The molecule has 1 aliphatic heterocycles. The van der Waals surface area contributed by atoms with Crippen molar-refractivity contribution < 1.29 is 36.0 Å². The largest absolute Gasteiger partial charge is 0.434 e. The Morgan fingerprint density at radius 1 is 1.31 bits per heavy atom. The van der Waals surface area contributed by atoms with Gasteiger partial charge in [0.1, 0.15) is 18.0 Å². The Morgan fingerprint density at radius 2 is 1.95 bits per heavy atom. The molecule has 2 heterocycles. The molecule has 1 amide bonds. The summed E-state index contributed by atoms with van der Waals surface area (Å²) in [6.07, 6.45) is -1.18. The van der Waals surface area contributed by atoms with Gasteiger partial charge in [-0.25, -0.2) is 17.9 Å². The number of alkyl halides is 4. The molecular weight excluding hydrogens is 526 g/mol. The summed E-state index contributed by atoms with van der Waals surface area (Å²) in [6.45, 7) is 11.8. The van der Waals surface area contributed by atoms with Crippen molar-refractivity contribution in [3.63, 3.8) is 0 Å². The van der Waals surface area contributed by atoms with Gasteiger partial charge in [0.25, 0.3) is 5.91 Å². The Bertz CT molecular complexity index is 1170. The maximum atomic E-state index is 14.3. The maximum absolute atomic E-state index is 14.3. The zero-order valence-electron chi connectivity index (χ0n) is 22.7. The van der Waals surface area contributed by atoms with Crippen LogP contribution in [0.25, 0.3) is 11.5 Å². The second-order valence-electron chi connectivity index (χ2n) is 7.86. The van der Waals surface area contributed by atoms with Crippen LogP contribution >= 0.6 is 0 Å². The van der Waals surface area contributed by atoms with Gasteiger partial charge < -0.3 is 10.2 Å². The van der Waals surface area contributed by atoms with Gasteiger partial charge in [-0.2, -0.15) is 18.3 Å². The van der Waals surface area contributed by atoms with E-state index in [9.17, 15) is 31.1 Å². The number of carbonyl (C=O) groups is 1. The number of hydrogen-bond donors (Lipinski definition) is 2. The van der Waals surface area contributed by atoms with Gasteiger partial charge in [-0.05, 0) is 37.5 Å². The van der Waals surface area contributed by atoms with Crippen molar-refractivity contribution in [3.05, 3.63) is 77.2 Å². The predicted molar refractivity (Wildman–Crippen MR) is 140 cm³/mol. The number of allylic oxidation sites excluding steroid dienone is 6. The highest BCUT2D eigenvalue weighted by Gasteiger charge is 2.44. The number of amides is 1. The van der Waals surface area contributed by atoms with E-state index in [4.69, 9.17) is 4.84 Å². The average Bonchev–Trinajstić information content (AvgIpc) is 3.52. The molecule has 2 unspecified atom stereocenters. The molecule has 0 aromatic carbocycles. The number of hydrogen-bond acceptors (Lipinski definition) is 4. The fourth-order valence-electron chi connectivity index (χ4n) is 3.77. The molecule has 1 aromatic heterocycles. The minimum Gasteiger partial charge on any atom is -0.406 e. The molecule has 216 valence electrons. The van der Waals surface area contributed by atoms with E-state index < -0.39 is 47.1 Å². The van der Waals surface area contributed by atoms with E-state index >= 15 is 0 Å². The van der Waals surface area contributed by atoms with Gasteiger partial charge in [0.05, 0.1) is 23.7 Å². The van der Waals surface area contributed by atoms with Crippen molar-refractivity contribution in [2.75, 3.05) is 7.05 Å². The van der Waals surface area contributed by atoms with E-state index in [1.165, 1.54) is 26.1 Å². The molecule has 2 rings (SSSR count). The molecule has 6 nitrogen and oxygen atoms in total. The Morgan fingerprint density at radius 3 is 2.41 bits per heavy atom. The van der Waals surface area contributed by atoms with E-state index in [0.717, 1.165) is 19.2 Å². The van der Waals surface area contributed by atoms with Crippen molar-refractivity contribution in [3.8, 4) is 0 Å². The number of carbonyl (C=O) groups excluding carboxylic acids is 1. The van der Waals surface area contributed by atoms with Crippen molar-refractivity contribution >= 4 is 17.4 Å². The van der Waals surface area contributed by atoms with Crippen LogP contribution in [0, 0.1) is 0 Å². The molecule has 0 saturated heterocycles. The van der Waals surface area contributed by atoms with E-state index in [1.54, 1.807) is 6.92 Å². The van der Waals surface area contributed by atoms with Crippen LogP contribution in [0.1, 0.15) is 58.7 Å². The van der Waals surface area contributed by atoms with Crippen LogP contribution in [0.3, 0.4) is 0 Å². The van der Waals surface area contributed by atoms with E-state index in [1.807, 2.05) is 13.8 Å². The van der Waals surface area contributed by atoms with Crippen LogP contribution in [-0.2, 0) is 15.8 Å². The first-order chi connectivity index (χ1) is 18.4. The number of likely N-dealkylation sites (N-methyl/N-ethyl adjacent to an activating group) is 1. The van der Waals surface area contributed by atoms with E-state index in [2.05, 4.69) is 22.5 Å². The summed E-state index contributed by atoms with van der Waals surface area (Å²) in [5, 5.41) is 6.10. The molecule has 2 N–H and O–H groups in total. The molecule has 12 heteroatoms. The smallest absolute Gasteiger partial charge is 0.406 e. The normalized spacial score (nSPS) is 17.9. The number of aromatic nitrogens is 2. The lowest BCUT2D eigenvalue weighted by Gasteiger charge is -2.17. The van der Waals surface area contributed by atoms with Gasteiger partial charge >= 0.3 is 6.18 Å². The zero-order valence-corrected chi connectivity index (χ0v) is 22.7. The molecular formula is C27H34F6N4O2. The number of halogens is 6. The number of hydroxylamine groups is 1. The highest BCUT2D eigenvalue weighted by atomic mass is 19.4. The summed E-state index contributed by atoms with van der Waals surface area (Å²) in [4.78, 5) is 18.2. The fourth-order valence-corrected chi connectivity index (χ4v) is 3.77. The molecule has 1 aromatic rings.